The summed E-state index contributed by atoms with van der Waals surface area (Å²) in [7, 11) is 0. The fourth-order valence-corrected chi connectivity index (χ4v) is 5.58. The van der Waals surface area contributed by atoms with Gasteiger partial charge in [0, 0.05) is 50.1 Å². The molecular weight excluding hydrogens is 465 g/mol. The Morgan fingerprint density at radius 3 is 2.14 bits per heavy atom. The molecule has 1 atom stereocenters. The number of halogens is 1. The molecule has 2 amide bonds. The first kappa shape index (κ1) is 33.1. The van der Waals surface area contributed by atoms with E-state index in [9.17, 15) is 14.0 Å². The van der Waals surface area contributed by atoms with E-state index in [2.05, 4.69) is 25.7 Å². The smallest absolute Gasteiger partial charge is 0.223 e. The van der Waals surface area contributed by atoms with Gasteiger partial charge in [-0.2, -0.15) is 0 Å². The van der Waals surface area contributed by atoms with Gasteiger partial charge >= 0.3 is 0 Å². The second kappa shape index (κ2) is 16.1. The van der Waals surface area contributed by atoms with Crippen LogP contribution in [-0.4, -0.2) is 60.4 Å². The average Bonchev–Trinajstić information content (AvgIpc) is 3.03. The maximum atomic E-state index is 14.0. The quantitative estimate of drug-likeness (QED) is 0.421. The van der Waals surface area contributed by atoms with Crippen LogP contribution in [-0.2, 0) is 15.0 Å². The summed E-state index contributed by atoms with van der Waals surface area (Å²) in [5, 5.41) is 0. The van der Waals surface area contributed by atoms with E-state index in [0.717, 1.165) is 75.5 Å². The van der Waals surface area contributed by atoms with Crippen LogP contribution in [0.2, 0.25) is 0 Å². The minimum Gasteiger partial charge on any atom is -0.343 e. The van der Waals surface area contributed by atoms with Gasteiger partial charge in [0.05, 0.1) is 0 Å². The molecule has 2 saturated heterocycles. The Kier molecular flexibility index (Phi) is 14.4. The molecule has 0 saturated carbocycles. The molecule has 0 N–H and O–H groups in total. The van der Waals surface area contributed by atoms with Crippen molar-refractivity contribution in [2.45, 2.75) is 112 Å². The van der Waals surface area contributed by atoms with Crippen LogP contribution < -0.4 is 4.90 Å². The number of likely N-dealkylation sites (tertiary alicyclic amines) is 2. The molecule has 6 heteroatoms. The Balaban J connectivity index is 0.000000767. The van der Waals surface area contributed by atoms with Crippen molar-refractivity contribution in [3.8, 4) is 0 Å². The molecule has 2 fully saturated rings. The highest BCUT2D eigenvalue weighted by atomic mass is 19.1. The normalized spacial score (nSPS) is 20.5. The van der Waals surface area contributed by atoms with Crippen molar-refractivity contribution in [1.82, 2.24) is 9.80 Å². The first-order valence-electron chi connectivity index (χ1n) is 14.8. The molecule has 0 bridgehead atoms. The van der Waals surface area contributed by atoms with Crippen molar-refractivity contribution >= 4 is 17.5 Å². The van der Waals surface area contributed by atoms with Gasteiger partial charge in [-0.1, -0.05) is 55.4 Å². The van der Waals surface area contributed by atoms with Crippen LogP contribution in [0.5, 0.6) is 0 Å². The maximum Gasteiger partial charge on any atom is 0.223 e. The zero-order valence-corrected chi connectivity index (χ0v) is 25.2. The van der Waals surface area contributed by atoms with Gasteiger partial charge in [0.2, 0.25) is 11.8 Å². The SMILES string of the molecule is CC.CC.CC(C)C.CCC(=O)N1CCCC(N2CCC3(CC2)CN(C(C)=O)c2ccc(F)cc23)CC1. The fourth-order valence-electron chi connectivity index (χ4n) is 5.58. The van der Waals surface area contributed by atoms with Gasteiger partial charge < -0.3 is 14.7 Å². The molecule has 1 aromatic rings. The zero-order chi connectivity index (χ0) is 28.2. The summed E-state index contributed by atoms with van der Waals surface area (Å²) in [6, 6.07) is 5.38. The second-order valence-electron chi connectivity index (χ2n) is 10.6. The predicted molar refractivity (Wildman–Crippen MR) is 155 cm³/mol. The fraction of sp³-hybridized carbons (Fsp3) is 0.742. The van der Waals surface area contributed by atoms with E-state index in [-0.39, 0.29) is 23.0 Å². The summed E-state index contributed by atoms with van der Waals surface area (Å²) in [5.74, 6) is 0.902. The molecule has 1 spiro atoms. The monoisotopic (exact) mass is 519 g/mol. The number of hydrogen-bond donors (Lipinski definition) is 0. The Morgan fingerprint density at radius 1 is 1.00 bits per heavy atom. The Labute approximate surface area is 226 Å². The van der Waals surface area contributed by atoms with E-state index >= 15 is 0 Å². The molecule has 0 aliphatic carbocycles. The molecule has 3 heterocycles. The number of hydrogen-bond acceptors (Lipinski definition) is 3. The zero-order valence-electron chi connectivity index (χ0n) is 25.2. The first-order valence-corrected chi connectivity index (χ1v) is 14.8. The summed E-state index contributed by atoms with van der Waals surface area (Å²) in [5.41, 5.74) is 1.76. The number of nitrogens with zero attached hydrogens (tertiary/aromatic N) is 3. The van der Waals surface area contributed by atoms with Gasteiger partial charge in [0.15, 0.2) is 0 Å². The molecular formula is C31H54FN3O2. The predicted octanol–water partition coefficient (Wildman–Crippen LogP) is 7.03. The van der Waals surface area contributed by atoms with Crippen LogP contribution in [0, 0.1) is 11.7 Å². The van der Waals surface area contributed by atoms with Crippen LogP contribution in [0.3, 0.4) is 0 Å². The number of anilines is 1. The number of benzene rings is 1. The lowest BCUT2D eigenvalue weighted by molar-refractivity contribution is -0.130. The van der Waals surface area contributed by atoms with Crippen LogP contribution in [0.25, 0.3) is 0 Å². The lowest BCUT2D eigenvalue weighted by Gasteiger charge is -2.43. The molecule has 4 rings (SSSR count). The van der Waals surface area contributed by atoms with Gasteiger partial charge in [-0.25, -0.2) is 4.39 Å². The largest absolute Gasteiger partial charge is 0.343 e. The van der Waals surface area contributed by atoms with Gasteiger partial charge in [-0.15, -0.1) is 0 Å². The summed E-state index contributed by atoms with van der Waals surface area (Å²) in [4.78, 5) is 30.6. The highest BCUT2D eigenvalue weighted by molar-refractivity contribution is 5.94. The maximum absolute atomic E-state index is 14.0. The number of amides is 2. The highest BCUT2D eigenvalue weighted by Gasteiger charge is 2.46. The van der Waals surface area contributed by atoms with Crippen LogP contribution >= 0.6 is 0 Å². The third kappa shape index (κ3) is 8.80. The molecule has 1 unspecified atom stereocenters. The lowest BCUT2D eigenvalue weighted by Crippen LogP contribution is -2.49. The molecule has 0 radical (unpaired) electrons. The third-order valence-electron chi connectivity index (χ3n) is 7.29. The standard InChI is InChI=1S/C23H32FN3O2.C4H10.2C2H6/c1-3-22(29)26-11-4-5-19(8-12-26)25-13-9-23(10-14-25)16-27(17(2)28)21-7-6-18(24)15-20(21)23;1-4(2)3;2*1-2/h6-7,15,19H,3-5,8-14,16H2,1-2H3;4H,1-3H3;2*1-2H3. The van der Waals surface area contributed by atoms with E-state index in [1.807, 2.05) is 44.4 Å². The number of carbonyl (C=O) groups is 2. The third-order valence-corrected chi connectivity index (χ3v) is 7.29. The van der Waals surface area contributed by atoms with E-state index in [1.165, 1.54) is 6.07 Å². The number of piperidine rings is 1. The van der Waals surface area contributed by atoms with Gasteiger partial charge in [0.25, 0.3) is 0 Å². The van der Waals surface area contributed by atoms with Crippen molar-refractivity contribution in [3.63, 3.8) is 0 Å². The van der Waals surface area contributed by atoms with E-state index in [4.69, 9.17) is 0 Å². The molecule has 0 aromatic heterocycles. The van der Waals surface area contributed by atoms with Crippen molar-refractivity contribution in [3.05, 3.63) is 29.6 Å². The topological polar surface area (TPSA) is 43.9 Å². The van der Waals surface area contributed by atoms with Gasteiger partial charge in [-0.05, 0) is 74.9 Å². The summed E-state index contributed by atoms with van der Waals surface area (Å²) >= 11 is 0. The summed E-state index contributed by atoms with van der Waals surface area (Å²) in [6.45, 7) is 22.4. The van der Waals surface area contributed by atoms with E-state index < -0.39 is 0 Å². The highest BCUT2D eigenvalue weighted by Crippen LogP contribution is 2.47. The van der Waals surface area contributed by atoms with Crippen LogP contribution in [0.4, 0.5) is 10.1 Å². The van der Waals surface area contributed by atoms with Gasteiger partial charge in [0.1, 0.15) is 5.82 Å². The van der Waals surface area contributed by atoms with Crippen LogP contribution in [0.15, 0.2) is 18.2 Å². The Hall–Kier alpha value is -1.95. The van der Waals surface area contributed by atoms with Crippen molar-refractivity contribution < 1.29 is 14.0 Å². The first-order chi connectivity index (χ1) is 17.7. The number of fused-ring (bicyclic) bond motifs is 2. The molecule has 1 aromatic carbocycles. The van der Waals surface area contributed by atoms with Crippen molar-refractivity contribution in [2.75, 3.05) is 37.6 Å². The number of carbonyl (C=O) groups excluding carboxylic acids is 2. The van der Waals surface area contributed by atoms with Gasteiger partial charge in [-0.3, -0.25) is 9.59 Å². The van der Waals surface area contributed by atoms with E-state index in [0.29, 0.717) is 19.0 Å². The molecule has 37 heavy (non-hydrogen) atoms. The number of rotatable bonds is 2. The summed E-state index contributed by atoms with van der Waals surface area (Å²) < 4.78 is 14.0. The minimum absolute atomic E-state index is 0.0293. The average molecular weight is 520 g/mol. The molecule has 5 nitrogen and oxygen atoms in total. The molecule has 3 aliphatic rings. The van der Waals surface area contributed by atoms with E-state index in [1.54, 1.807) is 19.1 Å². The Morgan fingerprint density at radius 2 is 1.59 bits per heavy atom. The minimum atomic E-state index is -0.222. The van der Waals surface area contributed by atoms with Crippen LogP contribution in [0.1, 0.15) is 106 Å². The molecule has 212 valence electrons. The second-order valence-corrected chi connectivity index (χ2v) is 10.6. The lowest BCUT2D eigenvalue weighted by atomic mass is 9.74. The Bertz CT molecular complexity index is 831. The summed E-state index contributed by atoms with van der Waals surface area (Å²) in [6.07, 6.45) is 5.70. The van der Waals surface area contributed by atoms with Crippen molar-refractivity contribution in [2.24, 2.45) is 5.92 Å². The molecule has 3 aliphatic heterocycles. The van der Waals surface area contributed by atoms with Crippen molar-refractivity contribution in [1.29, 1.82) is 0 Å².